The van der Waals surface area contributed by atoms with E-state index in [4.69, 9.17) is 28.6 Å². The largest absolute Gasteiger partial charge is 0.467 e. The number of methoxy groups -OCH3 is 1. The average Bonchev–Trinajstić information content (AvgIpc) is 3.48. The molecule has 1 saturated heterocycles. The van der Waals surface area contributed by atoms with Crippen LogP contribution in [0.2, 0.25) is 0 Å². The van der Waals surface area contributed by atoms with Gasteiger partial charge in [-0.25, -0.2) is 19.7 Å². The number of hydrogen-bond acceptors (Lipinski definition) is 9. The molecule has 1 unspecified atom stereocenters. The molecule has 41 heavy (non-hydrogen) atoms. The summed E-state index contributed by atoms with van der Waals surface area (Å²) >= 11 is 0. The maximum absolute atomic E-state index is 13.1. The predicted molar refractivity (Wildman–Crippen MR) is 156 cm³/mol. The van der Waals surface area contributed by atoms with E-state index in [0.717, 1.165) is 59.7 Å². The van der Waals surface area contributed by atoms with Crippen molar-refractivity contribution in [3.8, 4) is 17.0 Å². The number of nitrogens with zero attached hydrogens (tertiary/aromatic N) is 5. The first-order valence-corrected chi connectivity index (χ1v) is 14.2. The molecule has 1 saturated carbocycles. The molecule has 4 aromatic rings. The number of anilines is 1. The molecule has 0 spiro atoms. The van der Waals surface area contributed by atoms with Crippen molar-refractivity contribution in [2.24, 2.45) is 5.92 Å². The number of carbonyl (C=O) groups excluding carboxylic acids is 1. The highest BCUT2D eigenvalue weighted by molar-refractivity contribution is 5.86. The zero-order valence-electron chi connectivity index (χ0n) is 24.3. The number of carbonyl (C=O) groups is 1. The minimum Gasteiger partial charge on any atom is -0.467 e. The van der Waals surface area contributed by atoms with Gasteiger partial charge in [-0.05, 0) is 76.3 Å². The van der Waals surface area contributed by atoms with E-state index in [1.165, 1.54) is 12.8 Å². The van der Waals surface area contributed by atoms with Crippen molar-refractivity contribution in [1.82, 2.24) is 19.9 Å². The molecule has 1 aliphatic carbocycles. The van der Waals surface area contributed by atoms with Crippen LogP contribution in [0, 0.1) is 12.8 Å². The van der Waals surface area contributed by atoms with Gasteiger partial charge in [0.05, 0.1) is 22.8 Å². The van der Waals surface area contributed by atoms with E-state index in [9.17, 15) is 4.79 Å². The van der Waals surface area contributed by atoms with Gasteiger partial charge in [0.25, 0.3) is 0 Å². The SMILES string of the molecule is COCOc1cc2nc(C)oc2cc1-c1ccc2nc(N3CCC(N(CC4CC4)C(=O)OC(C)(C)C)C3)ccc2n1. The molecular formula is C31H37N5O5. The first-order valence-electron chi connectivity index (χ1n) is 14.2. The second-order valence-corrected chi connectivity index (χ2v) is 12.0. The van der Waals surface area contributed by atoms with Gasteiger partial charge in [-0.3, -0.25) is 0 Å². The summed E-state index contributed by atoms with van der Waals surface area (Å²) in [7, 11) is 1.58. The number of fused-ring (bicyclic) bond motifs is 2. The van der Waals surface area contributed by atoms with Crippen LogP contribution in [-0.4, -0.2) is 71.1 Å². The fraction of sp³-hybridized carbons (Fsp3) is 0.484. The third-order valence-electron chi connectivity index (χ3n) is 7.44. The molecule has 10 heteroatoms. The zero-order valence-corrected chi connectivity index (χ0v) is 24.3. The quantitative estimate of drug-likeness (QED) is 0.242. The van der Waals surface area contributed by atoms with Crippen LogP contribution in [0.3, 0.4) is 0 Å². The molecule has 1 aliphatic heterocycles. The fourth-order valence-corrected chi connectivity index (χ4v) is 5.31. The van der Waals surface area contributed by atoms with Gasteiger partial charge in [0.15, 0.2) is 18.3 Å². The Hall–Kier alpha value is -3.92. The molecule has 0 radical (unpaired) electrons. The van der Waals surface area contributed by atoms with E-state index >= 15 is 0 Å². The number of aryl methyl sites for hydroxylation is 1. The molecule has 3 aromatic heterocycles. The van der Waals surface area contributed by atoms with Crippen molar-refractivity contribution < 1.29 is 23.4 Å². The highest BCUT2D eigenvalue weighted by Crippen LogP contribution is 2.36. The number of oxazole rings is 1. The van der Waals surface area contributed by atoms with Crippen LogP contribution in [0.1, 0.15) is 45.9 Å². The van der Waals surface area contributed by atoms with Crippen molar-refractivity contribution in [3.63, 3.8) is 0 Å². The highest BCUT2D eigenvalue weighted by Gasteiger charge is 2.37. The smallest absolute Gasteiger partial charge is 0.410 e. The molecule has 0 N–H and O–H groups in total. The maximum atomic E-state index is 13.1. The lowest BCUT2D eigenvalue weighted by molar-refractivity contribution is 0.0167. The molecule has 2 aliphatic rings. The summed E-state index contributed by atoms with van der Waals surface area (Å²) in [4.78, 5) is 31.5. The van der Waals surface area contributed by atoms with E-state index in [2.05, 4.69) is 9.88 Å². The molecular weight excluding hydrogens is 522 g/mol. The van der Waals surface area contributed by atoms with Crippen molar-refractivity contribution in [3.05, 3.63) is 42.3 Å². The standard InChI is InChI=1S/C31H37N5O5/c1-19-32-26-15-27(39-18-38-5)22(14-28(26)40-19)23-8-9-25-24(33-23)10-11-29(34-25)35-13-12-21(17-35)36(16-20-6-7-20)30(37)41-31(2,3)4/h8-11,14-15,20-21H,6-7,12-13,16-18H2,1-5H3. The predicted octanol–water partition coefficient (Wildman–Crippen LogP) is 5.95. The summed E-state index contributed by atoms with van der Waals surface area (Å²) in [6.07, 6.45) is 3.04. The molecule has 1 amide bonds. The molecule has 216 valence electrons. The summed E-state index contributed by atoms with van der Waals surface area (Å²) < 4.78 is 22.5. The van der Waals surface area contributed by atoms with Crippen LogP contribution in [0.4, 0.5) is 10.6 Å². The van der Waals surface area contributed by atoms with Crippen LogP contribution in [0.25, 0.3) is 33.4 Å². The van der Waals surface area contributed by atoms with Crippen LogP contribution in [0.15, 0.2) is 40.8 Å². The Bertz CT molecular complexity index is 1570. The normalized spacial score (nSPS) is 17.4. The second-order valence-electron chi connectivity index (χ2n) is 12.0. The number of aromatic nitrogens is 3. The Morgan fingerprint density at radius 2 is 1.83 bits per heavy atom. The molecule has 2 fully saturated rings. The number of rotatable bonds is 8. The van der Waals surface area contributed by atoms with Gasteiger partial charge < -0.3 is 28.4 Å². The third-order valence-corrected chi connectivity index (χ3v) is 7.44. The maximum Gasteiger partial charge on any atom is 0.410 e. The first kappa shape index (κ1) is 27.3. The lowest BCUT2D eigenvalue weighted by atomic mass is 10.1. The lowest BCUT2D eigenvalue weighted by Crippen LogP contribution is -2.45. The van der Waals surface area contributed by atoms with Crippen molar-refractivity contribution in [2.75, 3.05) is 38.4 Å². The van der Waals surface area contributed by atoms with Gasteiger partial charge >= 0.3 is 6.09 Å². The van der Waals surface area contributed by atoms with Gasteiger partial charge in [-0.15, -0.1) is 0 Å². The van der Waals surface area contributed by atoms with Crippen molar-refractivity contribution in [2.45, 2.75) is 58.6 Å². The molecule has 1 atom stereocenters. The van der Waals surface area contributed by atoms with Gasteiger partial charge in [0.1, 0.15) is 22.7 Å². The Labute approximate surface area is 239 Å². The van der Waals surface area contributed by atoms with Gasteiger partial charge in [0, 0.05) is 45.3 Å². The summed E-state index contributed by atoms with van der Waals surface area (Å²) in [5.74, 6) is 2.68. The van der Waals surface area contributed by atoms with E-state index < -0.39 is 5.60 Å². The Morgan fingerprint density at radius 3 is 2.59 bits per heavy atom. The van der Waals surface area contributed by atoms with E-state index in [1.807, 2.05) is 69.0 Å². The van der Waals surface area contributed by atoms with E-state index in [0.29, 0.717) is 23.1 Å². The highest BCUT2D eigenvalue weighted by atomic mass is 16.7. The average molecular weight is 560 g/mol. The Kier molecular flexibility index (Phi) is 7.19. The summed E-state index contributed by atoms with van der Waals surface area (Å²) in [6, 6.07) is 11.8. The van der Waals surface area contributed by atoms with Gasteiger partial charge in [0.2, 0.25) is 0 Å². The third kappa shape index (κ3) is 6.07. The molecule has 10 nitrogen and oxygen atoms in total. The summed E-state index contributed by atoms with van der Waals surface area (Å²) in [6.45, 7) is 10.00. The van der Waals surface area contributed by atoms with Crippen molar-refractivity contribution >= 4 is 34.0 Å². The van der Waals surface area contributed by atoms with Crippen molar-refractivity contribution in [1.29, 1.82) is 0 Å². The zero-order chi connectivity index (χ0) is 28.7. The first-order chi connectivity index (χ1) is 19.7. The van der Waals surface area contributed by atoms with Gasteiger partial charge in [-0.2, -0.15) is 0 Å². The summed E-state index contributed by atoms with van der Waals surface area (Å²) in [5, 5.41) is 0. The Balaban J connectivity index is 1.23. The number of hydrogen-bond donors (Lipinski definition) is 0. The van der Waals surface area contributed by atoms with Crippen LogP contribution >= 0.6 is 0 Å². The van der Waals surface area contributed by atoms with E-state index in [1.54, 1.807) is 7.11 Å². The Morgan fingerprint density at radius 1 is 1.05 bits per heavy atom. The number of amides is 1. The number of ether oxygens (including phenoxy) is 3. The second kappa shape index (κ2) is 10.8. The van der Waals surface area contributed by atoms with Crippen LogP contribution < -0.4 is 9.64 Å². The monoisotopic (exact) mass is 559 g/mol. The molecule has 6 rings (SSSR count). The molecule has 4 heterocycles. The van der Waals surface area contributed by atoms with Crippen LogP contribution in [0.5, 0.6) is 5.75 Å². The molecule has 1 aromatic carbocycles. The minimum absolute atomic E-state index is 0.101. The summed E-state index contributed by atoms with van der Waals surface area (Å²) in [5.41, 5.74) is 3.98. The lowest BCUT2D eigenvalue weighted by Gasteiger charge is -2.32. The number of benzene rings is 1. The topological polar surface area (TPSA) is 103 Å². The van der Waals surface area contributed by atoms with Crippen LogP contribution in [-0.2, 0) is 9.47 Å². The van der Waals surface area contributed by atoms with Gasteiger partial charge in [-0.1, -0.05) is 0 Å². The minimum atomic E-state index is -0.515. The number of pyridine rings is 2. The fourth-order valence-electron chi connectivity index (χ4n) is 5.31. The molecule has 0 bridgehead atoms. The van der Waals surface area contributed by atoms with E-state index in [-0.39, 0.29) is 18.9 Å².